The van der Waals surface area contributed by atoms with Crippen LogP contribution in [0, 0.1) is 13.8 Å². The lowest BCUT2D eigenvalue weighted by molar-refractivity contribution is 0.145. The largest absolute Gasteiger partial charge is 0.299 e. The summed E-state index contributed by atoms with van der Waals surface area (Å²) in [6.45, 7) is 3.28. The molecular formula is C28H24ClF2N5O2S. The zero-order valence-corrected chi connectivity index (χ0v) is 22.9. The first-order valence-electron chi connectivity index (χ1n) is 11.9. The van der Waals surface area contributed by atoms with E-state index >= 15 is 0 Å². The molecule has 0 amide bonds. The number of alkyl halides is 2. The van der Waals surface area contributed by atoms with Gasteiger partial charge in [0.2, 0.25) is 0 Å². The van der Waals surface area contributed by atoms with Gasteiger partial charge in [0.25, 0.3) is 6.43 Å². The maximum Gasteiger partial charge on any atom is 0.282 e. The van der Waals surface area contributed by atoms with E-state index < -0.39 is 16.3 Å². The molecule has 0 unspecified atom stereocenters. The van der Waals surface area contributed by atoms with Crippen molar-refractivity contribution in [1.82, 2.24) is 24.5 Å². The summed E-state index contributed by atoms with van der Waals surface area (Å²) >= 11 is 6.09. The molecule has 0 atom stereocenters. The van der Waals surface area contributed by atoms with Crippen molar-refractivity contribution in [3.05, 3.63) is 101 Å². The predicted molar refractivity (Wildman–Crippen MR) is 147 cm³/mol. The number of hydrogen-bond donors (Lipinski definition) is 0. The quantitative estimate of drug-likeness (QED) is 0.223. The lowest BCUT2D eigenvalue weighted by atomic mass is 10.0. The van der Waals surface area contributed by atoms with Crippen LogP contribution in [0.1, 0.15) is 29.2 Å². The van der Waals surface area contributed by atoms with Crippen molar-refractivity contribution in [2.24, 2.45) is 0 Å². The highest BCUT2D eigenvalue weighted by Gasteiger charge is 2.23. The van der Waals surface area contributed by atoms with Crippen molar-refractivity contribution >= 4 is 21.4 Å². The number of aromatic nitrogens is 5. The fraction of sp³-hybridized carbons (Fsp3) is 0.179. The van der Waals surface area contributed by atoms with Crippen LogP contribution in [0.4, 0.5) is 8.78 Å². The van der Waals surface area contributed by atoms with Crippen LogP contribution in [0.3, 0.4) is 0 Å². The molecule has 0 aliphatic carbocycles. The number of rotatable bonds is 7. The maximum atomic E-state index is 13.7. The molecule has 39 heavy (non-hydrogen) atoms. The van der Waals surface area contributed by atoms with Gasteiger partial charge in [0.15, 0.2) is 9.84 Å². The molecule has 0 fully saturated rings. The number of benzene rings is 3. The molecule has 200 valence electrons. The highest BCUT2D eigenvalue weighted by Crippen LogP contribution is 2.34. The first kappa shape index (κ1) is 26.7. The molecule has 2 heterocycles. The summed E-state index contributed by atoms with van der Waals surface area (Å²) in [5.74, 6) is 0.319. The Kier molecular flexibility index (Phi) is 7.09. The Bertz CT molecular complexity index is 1780. The smallest absolute Gasteiger partial charge is 0.282 e. The summed E-state index contributed by atoms with van der Waals surface area (Å²) in [5.41, 5.74) is 4.91. The molecule has 5 rings (SSSR count). The van der Waals surface area contributed by atoms with Gasteiger partial charge in [-0.05, 0) is 54.8 Å². The third kappa shape index (κ3) is 5.48. The van der Waals surface area contributed by atoms with Crippen molar-refractivity contribution in [3.8, 4) is 33.8 Å². The Morgan fingerprint density at radius 1 is 0.923 bits per heavy atom. The summed E-state index contributed by atoms with van der Waals surface area (Å²) < 4.78 is 54.5. The molecule has 0 aliphatic heterocycles. The van der Waals surface area contributed by atoms with Gasteiger partial charge in [0.1, 0.15) is 11.5 Å². The van der Waals surface area contributed by atoms with E-state index in [9.17, 15) is 17.2 Å². The second-order valence-electron chi connectivity index (χ2n) is 9.28. The number of nitrogens with zero attached hydrogens (tertiary/aromatic N) is 5. The average molecular weight is 568 g/mol. The van der Waals surface area contributed by atoms with E-state index in [1.54, 1.807) is 53.6 Å². The number of imidazole rings is 1. The van der Waals surface area contributed by atoms with Crippen LogP contribution in [0.15, 0.2) is 72.9 Å². The molecule has 0 spiro atoms. The highest BCUT2D eigenvalue weighted by molar-refractivity contribution is 7.89. The lowest BCUT2D eigenvalue weighted by Crippen LogP contribution is -2.09. The molecule has 3 aromatic carbocycles. The predicted octanol–water partition coefficient (Wildman–Crippen LogP) is 6.54. The van der Waals surface area contributed by atoms with Gasteiger partial charge in [0.05, 0.1) is 29.0 Å². The van der Waals surface area contributed by atoms with Gasteiger partial charge in [-0.3, -0.25) is 4.57 Å². The van der Waals surface area contributed by atoms with E-state index in [1.165, 1.54) is 6.26 Å². The third-order valence-electron chi connectivity index (χ3n) is 6.34. The molecule has 5 aromatic rings. The molecule has 11 heteroatoms. The van der Waals surface area contributed by atoms with E-state index in [1.807, 2.05) is 42.5 Å². The number of sulfone groups is 1. The summed E-state index contributed by atoms with van der Waals surface area (Å²) in [5, 5.41) is 9.06. The van der Waals surface area contributed by atoms with Crippen molar-refractivity contribution in [1.29, 1.82) is 0 Å². The second-order valence-corrected chi connectivity index (χ2v) is 11.9. The Hall–Kier alpha value is -3.89. The minimum Gasteiger partial charge on any atom is -0.299 e. The van der Waals surface area contributed by atoms with Gasteiger partial charge in [-0.15, -0.1) is 5.10 Å². The standard InChI is InChI=1S/C28H24ClF2N5O2S/c1-17-27(28(30)31)33-18(2)35(17)24-12-9-22(21-6-4-5-19(13-21)16-39(3,37)38)14-25(24)36-26(15-32-34-36)20-7-10-23(29)11-8-20/h4-15,28H,16H2,1-3H3. The van der Waals surface area contributed by atoms with E-state index in [0.717, 1.165) is 16.7 Å². The minimum absolute atomic E-state index is 0.0839. The van der Waals surface area contributed by atoms with Crippen molar-refractivity contribution in [2.75, 3.05) is 6.26 Å². The molecule has 0 saturated heterocycles. The Morgan fingerprint density at radius 2 is 1.62 bits per heavy atom. The van der Waals surface area contributed by atoms with Crippen LogP contribution in [-0.2, 0) is 15.6 Å². The van der Waals surface area contributed by atoms with Crippen LogP contribution in [0.25, 0.3) is 33.8 Å². The number of halogens is 3. The van der Waals surface area contributed by atoms with Gasteiger partial charge in [-0.25, -0.2) is 26.9 Å². The lowest BCUT2D eigenvalue weighted by Gasteiger charge is -2.17. The van der Waals surface area contributed by atoms with Crippen molar-refractivity contribution < 1.29 is 17.2 Å². The third-order valence-corrected chi connectivity index (χ3v) is 7.45. The van der Waals surface area contributed by atoms with Gasteiger partial charge >= 0.3 is 0 Å². The molecule has 0 bridgehead atoms. The summed E-state index contributed by atoms with van der Waals surface area (Å²) in [6.07, 6.45) is 0.0881. The SMILES string of the molecule is Cc1nc(C(F)F)c(C)n1-c1ccc(-c2cccc(CS(C)(=O)=O)c2)cc1-n1nncc1-c1ccc(Cl)cc1. The number of aryl methyl sites for hydroxylation is 1. The Morgan fingerprint density at radius 3 is 2.28 bits per heavy atom. The van der Waals surface area contributed by atoms with Crippen molar-refractivity contribution in [2.45, 2.75) is 26.0 Å². The second kappa shape index (κ2) is 10.3. The van der Waals surface area contributed by atoms with Crippen LogP contribution in [0.5, 0.6) is 0 Å². The normalized spacial score (nSPS) is 11.9. The fourth-order valence-corrected chi connectivity index (χ4v) is 5.57. The van der Waals surface area contributed by atoms with E-state index in [4.69, 9.17) is 11.6 Å². The van der Waals surface area contributed by atoms with Crippen LogP contribution >= 0.6 is 11.6 Å². The zero-order chi connectivity index (χ0) is 27.9. The maximum absolute atomic E-state index is 13.7. The summed E-state index contributed by atoms with van der Waals surface area (Å²) in [7, 11) is -3.22. The van der Waals surface area contributed by atoms with E-state index in [2.05, 4.69) is 15.3 Å². The Balaban J connectivity index is 1.73. The first-order valence-corrected chi connectivity index (χ1v) is 14.4. The average Bonchev–Trinajstić information content (AvgIpc) is 3.48. The monoisotopic (exact) mass is 567 g/mol. The van der Waals surface area contributed by atoms with Crippen LogP contribution < -0.4 is 0 Å². The zero-order valence-electron chi connectivity index (χ0n) is 21.3. The number of hydrogen-bond acceptors (Lipinski definition) is 5. The summed E-state index contributed by atoms with van der Waals surface area (Å²) in [6, 6.07) is 20.0. The first-order chi connectivity index (χ1) is 18.5. The molecule has 2 aromatic heterocycles. The van der Waals surface area contributed by atoms with E-state index in [0.29, 0.717) is 39.2 Å². The molecular weight excluding hydrogens is 544 g/mol. The topological polar surface area (TPSA) is 82.7 Å². The van der Waals surface area contributed by atoms with Crippen LogP contribution in [0.2, 0.25) is 5.02 Å². The van der Waals surface area contributed by atoms with Gasteiger partial charge < -0.3 is 0 Å². The van der Waals surface area contributed by atoms with Gasteiger partial charge in [-0.1, -0.05) is 59.3 Å². The van der Waals surface area contributed by atoms with Crippen molar-refractivity contribution in [3.63, 3.8) is 0 Å². The Labute approximate surface area is 229 Å². The van der Waals surface area contributed by atoms with Gasteiger partial charge in [0, 0.05) is 22.5 Å². The van der Waals surface area contributed by atoms with E-state index in [-0.39, 0.29) is 11.4 Å². The summed E-state index contributed by atoms with van der Waals surface area (Å²) in [4.78, 5) is 4.12. The molecule has 0 saturated carbocycles. The molecule has 7 nitrogen and oxygen atoms in total. The molecule has 0 aliphatic rings. The van der Waals surface area contributed by atoms with Gasteiger partial charge in [-0.2, -0.15) is 0 Å². The molecule has 0 radical (unpaired) electrons. The molecule has 0 N–H and O–H groups in total. The minimum atomic E-state index is -3.22. The fourth-order valence-electron chi connectivity index (χ4n) is 4.66. The van der Waals surface area contributed by atoms with Crippen LogP contribution in [-0.4, -0.2) is 39.2 Å². The highest BCUT2D eigenvalue weighted by atomic mass is 35.5.